The number of methoxy groups -OCH3 is 1. The standard InChI is InChI=1S/C22H21NO6/c1-26-21(24)20-18-10-23(11-19(28-18)29-20)22(25)27-12-17-15-8-4-2-6-13(15)14-7-3-5-9-16(14)17/h2-9,17-20H,10-12H2,1H3/t18-,19-,20+/m0/s1. The molecule has 2 aromatic rings. The topological polar surface area (TPSA) is 74.3 Å². The number of hydrogen-bond donors (Lipinski definition) is 0. The van der Waals surface area contributed by atoms with Crippen molar-refractivity contribution in [1.29, 1.82) is 0 Å². The monoisotopic (exact) mass is 395 g/mol. The van der Waals surface area contributed by atoms with E-state index in [1.54, 1.807) is 0 Å². The summed E-state index contributed by atoms with van der Waals surface area (Å²) in [5.74, 6) is -0.491. The van der Waals surface area contributed by atoms with Gasteiger partial charge in [-0.2, -0.15) is 0 Å². The molecule has 0 unspecified atom stereocenters. The Balaban J connectivity index is 1.28. The molecule has 0 radical (unpaired) electrons. The van der Waals surface area contributed by atoms with E-state index in [9.17, 15) is 9.59 Å². The SMILES string of the molecule is COC(=O)[C@@H]1O[C@H]2CN(C(=O)OCC3c4ccccc4-c4ccccc43)C[C@@H]1O2. The molecule has 3 aliphatic rings. The van der Waals surface area contributed by atoms with Crippen molar-refractivity contribution in [3.05, 3.63) is 59.7 Å². The number of carbonyl (C=O) groups excluding carboxylic acids is 2. The fourth-order valence-corrected chi connectivity index (χ4v) is 4.40. The maximum atomic E-state index is 12.7. The number of benzene rings is 2. The number of amides is 1. The first-order chi connectivity index (χ1) is 14.2. The lowest BCUT2D eigenvalue weighted by Gasteiger charge is -2.30. The zero-order valence-corrected chi connectivity index (χ0v) is 15.9. The second-order valence-electron chi connectivity index (χ2n) is 7.39. The van der Waals surface area contributed by atoms with Gasteiger partial charge in [-0.15, -0.1) is 0 Å². The van der Waals surface area contributed by atoms with E-state index in [4.69, 9.17) is 18.9 Å². The van der Waals surface area contributed by atoms with E-state index in [0.717, 1.165) is 11.1 Å². The molecule has 5 rings (SSSR count). The second kappa shape index (κ2) is 7.17. The summed E-state index contributed by atoms with van der Waals surface area (Å²) in [6.07, 6.45) is -2.42. The molecule has 7 nitrogen and oxygen atoms in total. The lowest BCUT2D eigenvalue weighted by Crippen LogP contribution is -2.48. The zero-order chi connectivity index (χ0) is 20.0. The molecule has 2 aliphatic heterocycles. The van der Waals surface area contributed by atoms with Gasteiger partial charge in [-0.1, -0.05) is 48.5 Å². The van der Waals surface area contributed by atoms with Gasteiger partial charge in [-0.3, -0.25) is 0 Å². The minimum Gasteiger partial charge on any atom is -0.467 e. The van der Waals surface area contributed by atoms with Crippen molar-refractivity contribution in [1.82, 2.24) is 4.90 Å². The van der Waals surface area contributed by atoms with Gasteiger partial charge in [0.1, 0.15) is 12.7 Å². The van der Waals surface area contributed by atoms with Gasteiger partial charge in [0.05, 0.1) is 20.2 Å². The molecule has 2 bridgehead atoms. The summed E-state index contributed by atoms with van der Waals surface area (Å²) in [6.45, 7) is 0.703. The number of carbonyl (C=O) groups is 2. The number of esters is 1. The quantitative estimate of drug-likeness (QED) is 0.744. The molecule has 2 aromatic carbocycles. The third-order valence-corrected chi connectivity index (χ3v) is 5.76. The Morgan fingerprint density at radius 3 is 2.31 bits per heavy atom. The van der Waals surface area contributed by atoms with Gasteiger partial charge >= 0.3 is 12.1 Å². The lowest BCUT2D eigenvalue weighted by atomic mass is 9.98. The summed E-state index contributed by atoms with van der Waals surface area (Å²) in [5, 5.41) is 0. The number of rotatable bonds is 3. The zero-order valence-electron chi connectivity index (χ0n) is 15.9. The largest absolute Gasteiger partial charge is 0.467 e. The van der Waals surface area contributed by atoms with E-state index in [1.807, 2.05) is 24.3 Å². The van der Waals surface area contributed by atoms with Crippen LogP contribution >= 0.6 is 0 Å². The maximum absolute atomic E-state index is 12.7. The maximum Gasteiger partial charge on any atom is 0.410 e. The van der Waals surface area contributed by atoms with Crippen molar-refractivity contribution in [2.75, 3.05) is 26.8 Å². The highest BCUT2D eigenvalue weighted by atomic mass is 16.7. The Morgan fingerprint density at radius 2 is 1.66 bits per heavy atom. The van der Waals surface area contributed by atoms with Crippen molar-refractivity contribution in [3.8, 4) is 11.1 Å². The summed E-state index contributed by atoms with van der Waals surface area (Å²) in [4.78, 5) is 26.1. The van der Waals surface area contributed by atoms with Gasteiger partial charge in [0, 0.05) is 5.92 Å². The summed E-state index contributed by atoms with van der Waals surface area (Å²) in [7, 11) is 1.30. The first kappa shape index (κ1) is 18.1. The third kappa shape index (κ3) is 3.07. The van der Waals surface area contributed by atoms with Gasteiger partial charge in [0.2, 0.25) is 0 Å². The Labute approximate surface area is 168 Å². The van der Waals surface area contributed by atoms with Crippen LogP contribution in [0.2, 0.25) is 0 Å². The van der Waals surface area contributed by atoms with Gasteiger partial charge in [-0.05, 0) is 22.3 Å². The lowest BCUT2D eigenvalue weighted by molar-refractivity contribution is -0.154. The Hall–Kier alpha value is -2.90. The van der Waals surface area contributed by atoms with Gasteiger partial charge < -0.3 is 23.8 Å². The van der Waals surface area contributed by atoms with Gasteiger partial charge in [-0.25, -0.2) is 9.59 Å². The molecule has 3 atom stereocenters. The number of nitrogens with zero attached hydrogens (tertiary/aromatic N) is 1. The van der Waals surface area contributed by atoms with E-state index >= 15 is 0 Å². The van der Waals surface area contributed by atoms with Crippen LogP contribution in [0.1, 0.15) is 17.0 Å². The fourth-order valence-electron chi connectivity index (χ4n) is 4.40. The van der Waals surface area contributed by atoms with E-state index in [1.165, 1.54) is 23.1 Å². The average Bonchev–Trinajstić information content (AvgIpc) is 3.24. The van der Waals surface area contributed by atoms with E-state index in [0.29, 0.717) is 0 Å². The number of hydrogen-bond acceptors (Lipinski definition) is 6. The minimum atomic E-state index is -0.809. The highest BCUT2D eigenvalue weighted by Crippen LogP contribution is 2.44. The summed E-state index contributed by atoms with van der Waals surface area (Å²) in [6, 6.07) is 16.4. The van der Waals surface area contributed by atoms with Crippen LogP contribution in [0, 0.1) is 0 Å². The molecule has 0 spiro atoms. The van der Waals surface area contributed by atoms with E-state index in [2.05, 4.69) is 24.3 Å². The average molecular weight is 395 g/mol. The Morgan fingerprint density at radius 1 is 1.00 bits per heavy atom. The normalized spacial score (nSPS) is 24.7. The first-order valence-electron chi connectivity index (χ1n) is 9.64. The number of morpholine rings is 1. The highest BCUT2D eigenvalue weighted by Gasteiger charge is 2.48. The van der Waals surface area contributed by atoms with Crippen LogP contribution < -0.4 is 0 Å². The molecule has 1 amide bonds. The molecule has 1 aliphatic carbocycles. The predicted octanol–water partition coefficient (Wildman–Crippen LogP) is 2.53. The van der Waals surface area contributed by atoms with Crippen molar-refractivity contribution in [2.24, 2.45) is 0 Å². The molecule has 2 saturated heterocycles. The Bertz CT molecular complexity index is 914. The second-order valence-corrected chi connectivity index (χ2v) is 7.39. The number of ether oxygens (including phenoxy) is 4. The van der Waals surface area contributed by atoms with Crippen molar-refractivity contribution >= 4 is 12.1 Å². The molecule has 0 saturated carbocycles. The summed E-state index contributed by atoms with van der Waals surface area (Å²) >= 11 is 0. The van der Waals surface area contributed by atoms with Crippen LogP contribution in [0.15, 0.2) is 48.5 Å². The summed E-state index contributed by atoms with van der Waals surface area (Å²) < 4.78 is 21.6. The van der Waals surface area contributed by atoms with Crippen molar-refractivity contribution in [3.63, 3.8) is 0 Å². The van der Waals surface area contributed by atoms with Crippen molar-refractivity contribution < 1.29 is 28.5 Å². The van der Waals surface area contributed by atoms with Crippen LogP contribution in [0.4, 0.5) is 4.79 Å². The predicted molar refractivity (Wildman–Crippen MR) is 102 cm³/mol. The van der Waals surface area contributed by atoms with Crippen LogP contribution in [0.5, 0.6) is 0 Å². The summed E-state index contributed by atoms with van der Waals surface area (Å²) in [5.41, 5.74) is 4.70. The van der Waals surface area contributed by atoms with Gasteiger partial charge in [0.15, 0.2) is 12.4 Å². The molecule has 150 valence electrons. The van der Waals surface area contributed by atoms with Gasteiger partial charge in [0.25, 0.3) is 0 Å². The number of fused-ring (bicyclic) bond motifs is 5. The van der Waals surface area contributed by atoms with Crippen LogP contribution in [0.3, 0.4) is 0 Å². The molecule has 7 heteroatoms. The van der Waals surface area contributed by atoms with Crippen LogP contribution in [-0.2, 0) is 23.7 Å². The molecule has 0 N–H and O–H groups in total. The minimum absolute atomic E-state index is 0.00294. The fraction of sp³-hybridized carbons (Fsp3) is 0.364. The highest BCUT2D eigenvalue weighted by molar-refractivity contribution is 5.79. The van der Waals surface area contributed by atoms with Crippen LogP contribution in [0.25, 0.3) is 11.1 Å². The van der Waals surface area contributed by atoms with E-state index in [-0.39, 0.29) is 25.6 Å². The molecule has 0 aromatic heterocycles. The smallest absolute Gasteiger partial charge is 0.410 e. The molecular formula is C22H21NO6. The third-order valence-electron chi connectivity index (χ3n) is 5.76. The molecule has 29 heavy (non-hydrogen) atoms. The van der Waals surface area contributed by atoms with E-state index < -0.39 is 30.6 Å². The van der Waals surface area contributed by atoms with Crippen molar-refractivity contribution in [2.45, 2.75) is 24.4 Å². The van der Waals surface area contributed by atoms with Crippen LogP contribution in [-0.4, -0.2) is 62.3 Å². The Kier molecular flexibility index (Phi) is 4.49. The first-order valence-corrected chi connectivity index (χ1v) is 9.64. The molecular weight excluding hydrogens is 374 g/mol. The molecule has 2 heterocycles. The molecule has 2 fully saturated rings.